The van der Waals surface area contributed by atoms with Crippen LogP contribution in [0.1, 0.15) is 44.2 Å². The molecule has 0 aromatic heterocycles. The van der Waals surface area contributed by atoms with E-state index in [0.29, 0.717) is 0 Å². The van der Waals surface area contributed by atoms with E-state index in [0.717, 1.165) is 12.1 Å². The van der Waals surface area contributed by atoms with Gasteiger partial charge in [-0.05, 0) is 70.4 Å². The molecule has 0 spiro atoms. The maximum atomic E-state index is 2.59. The summed E-state index contributed by atoms with van der Waals surface area (Å²) in [5.41, 5.74) is 3.13. The number of nitrogens with zero attached hydrogens (tertiary/aromatic N) is 2. The van der Waals surface area contributed by atoms with Crippen LogP contribution in [0.3, 0.4) is 0 Å². The maximum absolute atomic E-state index is 2.59. The van der Waals surface area contributed by atoms with Gasteiger partial charge in [0.25, 0.3) is 0 Å². The molecule has 0 N–H and O–H groups in total. The van der Waals surface area contributed by atoms with E-state index in [4.69, 9.17) is 0 Å². The third kappa shape index (κ3) is 4.08. The van der Waals surface area contributed by atoms with E-state index in [-0.39, 0.29) is 0 Å². The van der Waals surface area contributed by atoms with Crippen molar-refractivity contribution in [3.05, 3.63) is 35.4 Å². The minimum atomic E-state index is 0.726. The Morgan fingerprint density at radius 3 is 2.29 bits per heavy atom. The first-order chi connectivity index (χ1) is 10.2. The Kier molecular flexibility index (Phi) is 6.25. The molecule has 1 fully saturated rings. The fraction of sp³-hybridized carbons (Fsp3) is 0.684. The molecule has 1 atom stereocenters. The normalized spacial score (nSPS) is 22.2. The molecule has 3 rings (SSSR count). The van der Waals surface area contributed by atoms with Gasteiger partial charge in [-0.3, -0.25) is 0 Å². The maximum Gasteiger partial charge on any atom is 0.0173 e. The van der Waals surface area contributed by atoms with Crippen molar-refractivity contribution in [3.8, 4) is 0 Å². The number of likely N-dealkylation sites (tertiary alicyclic amines) is 1. The molecule has 2 nitrogen and oxygen atoms in total. The van der Waals surface area contributed by atoms with Crippen molar-refractivity contribution in [2.24, 2.45) is 0 Å². The molecule has 21 heavy (non-hydrogen) atoms. The van der Waals surface area contributed by atoms with E-state index in [1.165, 1.54) is 45.2 Å². The average molecular weight is 288 g/mol. The van der Waals surface area contributed by atoms with Gasteiger partial charge in [-0.1, -0.05) is 38.1 Å². The van der Waals surface area contributed by atoms with Crippen LogP contribution in [0.15, 0.2) is 24.3 Å². The zero-order valence-corrected chi connectivity index (χ0v) is 14.3. The molecule has 0 amide bonds. The number of rotatable bonds is 4. The zero-order chi connectivity index (χ0) is 15.2. The first-order valence-corrected chi connectivity index (χ1v) is 8.71. The van der Waals surface area contributed by atoms with Gasteiger partial charge in [0.1, 0.15) is 0 Å². The Morgan fingerprint density at radius 2 is 1.76 bits per heavy atom. The summed E-state index contributed by atoms with van der Waals surface area (Å²) in [7, 11) is 4.59. The Balaban J connectivity index is 0.000000774. The number of hydrogen-bond donors (Lipinski definition) is 0. The Labute approximate surface area is 131 Å². The van der Waals surface area contributed by atoms with Crippen molar-refractivity contribution in [1.29, 1.82) is 0 Å². The van der Waals surface area contributed by atoms with E-state index in [9.17, 15) is 0 Å². The molecule has 0 saturated carbocycles. The van der Waals surface area contributed by atoms with Crippen molar-refractivity contribution in [3.63, 3.8) is 0 Å². The molecule has 2 aliphatic rings. The highest BCUT2D eigenvalue weighted by Crippen LogP contribution is 2.25. The van der Waals surface area contributed by atoms with Gasteiger partial charge < -0.3 is 9.80 Å². The van der Waals surface area contributed by atoms with Gasteiger partial charge in [-0.25, -0.2) is 0 Å². The lowest BCUT2D eigenvalue weighted by molar-refractivity contribution is 0.209. The van der Waals surface area contributed by atoms with Crippen LogP contribution in [-0.4, -0.2) is 49.1 Å². The molecule has 118 valence electrons. The van der Waals surface area contributed by atoms with Crippen LogP contribution in [0.4, 0.5) is 0 Å². The van der Waals surface area contributed by atoms with Crippen LogP contribution >= 0.6 is 0 Å². The van der Waals surface area contributed by atoms with Crippen molar-refractivity contribution < 1.29 is 0 Å². The Morgan fingerprint density at radius 1 is 1.14 bits per heavy atom. The van der Waals surface area contributed by atoms with Gasteiger partial charge in [0.2, 0.25) is 0 Å². The van der Waals surface area contributed by atoms with Crippen LogP contribution in [0.2, 0.25) is 0 Å². The fourth-order valence-electron chi connectivity index (χ4n) is 3.73. The molecule has 0 radical (unpaired) electrons. The Hall–Kier alpha value is -0.860. The number of fused-ring (bicyclic) bond motifs is 1. The second kappa shape index (κ2) is 7.95. The van der Waals surface area contributed by atoms with E-state index < -0.39 is 0 Å². The molecule has 0 bridgehead atoms. The van der Waals surface area contributed by atoms with Gasteiger partial charge in [0.05, 0.1) is 0 Å². The van der Waals surface area contributed by atoms with E-state index in [2.05, 4.69) is 48.2 Å². The number of benzene rings is 1. The molecule has 2 heteroatoms. The predicted octanol–water partition coefficient (Wildman–Crippen LogP) is 3.60. The molecule has 1 heterocycles. The van der Waals surface area contributed by atoms with Gasteiger partial charge in [-0.15, -0.1) is 0 Å². The molecule has 1 aromatic rings. The predicted molar refractivity (Wildman–Crippen MR) is 91.9 cm³/mol. The summed E-state index contributed by atoms with van der Waals surface area (Å²) in [6.45, 7) is 6.54. The highest BCUT2D eigenvalue weighted by Gasteiger charge is 2.26. The van der Waals surface area contributed by atoms with Crippen molar-refractivity contribution >= 4 is 0 Å². The van der Waals surface area contributed by atoms with Crippen LogP contribution in [0.5, 0.6) is 0 Å². The largest absolute Gasteiger partial charge is 0.303 e. The second-order valence-electron chi connectivity index (χ2n) is 6.38. The summed E-state index contributed by atoms with van der Waals surface area (Å²) in [5.74, 6) is 0. The summed E-state index contributed by atoms with van der Waals surface area (Å²) < 4.78 is 0. The van der Waals surface area contributed by atoms with Crippen LogP contribution in [-0.2, 0) is 12.8 Å². The zero-order valence-electron chi connectivity index (χ0n) is 14.3. The average Bonchev–Trinajstić information content (AvgIpc) is 3.12. The van der Waals surface area contributed by atoms with E-state index in [1.54, 1.807) is 11.1 Å². The first kappa shape index (κ1) is 16.5. The second-order valence-corrected chi connectivity index (χ2v) is 6.38. The third-order valence-electron chi connectivity index (χ3n) is 5.14. The lowest BCUT2D eigenvalue weighted by atomic mass is 10.1. The van der Waals surface area contributed by atoms with Gasteiger partial charge in [-0.2, -0.15) is 0 Å². The van der Waals surface area contributed by atoms with Crippen molar-refractivity contribution in [2.75, 3.05) is 27.2 Å². The van der Waals surface area contributed by atoms with Gasteiger partial charge in [0, 0.05) is 12.1 Å². The van der Waals surface area contributed by atoms with Gasteiger partial charge in [0.15, 0.2) is 0 Å². The topological polar surface area (TPSA) is 6.48 Å². The van der Waals surface area contributed by atoms with E-state index >= 15 is 0 Å². The first-order valence-electron chi connectivity index (χ1n) is 8.71. The summed E-state index contributed by atoms with van der Waals surface area (Å²) in [6, 6.07) is 10.5. The fourth-order valence-corrected chi connectivity index (χ4v) is 3.73. The monoisotopic (exact) mass is 288 g/mol. The molecular formula is C19H32N2. The molecule has 1 saturated heterocycles. The molecule has 1 unspecified atom stereocenters. The van der Waals surface area contributed by atoms with E-state index in [1.807, 2.05) is 13.8 Å². The minimum Gasteiger partial charge on any atom is -0.303 e. The highest BCUT2D eigenvalue weighted by molar-refractivity contribution is 5.33. The highest BCUT2D eigenvalue weighted by atomic mass is 15.2. The molecular weight excluding hydrogens is 256 g/mol. The SMILES string of the molecule is CC.CN1CCCC1CCN(C)C1Cc2ccccc2C1. The molecule has 1 aliphatic carbocycles. The molecule has 1 aliphatic heterocycles. The summed E-state index contributed by atoms with van der Waals surface area (Å²) in [6.07, 6.45) is 6.61. The Bertz CT molecular complexity index is 404. The lowest BCUT2D eigenvalue weighted by Crippen LogP contribution is -2.36. The lowest BCUT2D eigenvalue weighted by Gasteiger charge is -2.27. The smallest absolute Gasteiger partial charge is 0.0173 e. The summed E-state index contributed by atoms with van der Waals surface area (Å²) in [5, 5.41) is 0. The van der Waals surface area contributed by atoms with Crippen LogP contribution in [0.25, 0.3) is 0 Å². The standard InChI is InChI=1S/C17H26N2.C2H6/c1-18-10-5-8-16(18)9-11-19(2)17-12-14-6-3-4-7-15(14)13-17;1-2/h3-4,6-7,16-17H,5,8-13H2,1-2H3;1-2H3. The minimum absolute atomic E-state index is 0.726. The number of likely N-dealkylation sites (N-methyl/N-ethyl adjacent to an activating group) is 1. The van der Waals surface area contributed by atoms with Crippen molar-refractivity contribution in [2.45, 2.75) is 58.0 Å². The van der Waals surface area contributed by atoms with Gasteiger partial charge >= 0.3 is 0 Å². The van der Waals surface area contributed by atoms with Crippen LogP contribution < -0.4 is 0 Å². The quantitative estimate of drug-likeness (QED) is 0.835. The molecule has 1 aromatic carbocycles. The number of hydrogen-bond acceptors (Lipinski definition) is 2. The summed E-state index contributed by atoms with van der Waals surface area (Å²) in [4.78, 5) is 5.13. The third-order valence-corrected chi connectivity index (χ3v) is 5.14. The van der Waals surface area contributed by atoms with Crippen LogP contribution in [0, 0.1) is 0 Å². The summed E-state index contributed by atoms with van der Waals surface area (Å²) >= 11 is 0. The van der Waals surface area contributed by atoms with Crippen molar-refractivity contribution in [1.82, 2.24) is 9.80 Å².